The van der Waals surface area contributed by atoms with Crippen LogP contribution in [0.2, 0.25) is 0 Å². The van der Waals surface area contributed by atoms with Gasteiger partial charge in [-0.3, -0.25) is 4.79 Å². The molecule has 1 saturated heterocycles. The first-order valence-corrected chi connectivity index (χ1v) is 9.74. The number of amides is 1. The number of methoxy groups -OCH3 is 3. The molecule has 158 valence electrons. The highest BCUT2D eigenvalue weighted by molar-refractivity contribution is 6.09. The summed E-state index contributed by atoms with van der Waals surface area (Å²) in [5, 5.41) is 3.40. The van der Waals surface area contributed by atoms with E-state index >= 15 is 0 Å². The van der Waals surface area contributed by atoms with Gasteiger partial charge in [0.1, 0.15) is 22.9 Å². The number of H-pyrrole nitrogens is 1. The fourth-order valence-corrected chi connectivity index (χ4v) is 3.90. The molecule has 8 heteroatoms. The molecule has 3 aromatic rings. The van der Waals surface area contributed by atoms with Crippen LogP contribution >= 0.6 is 0 Å². The molecule has 0 aliphatic carbocycles. The van der Waals surface area contributed by atoms with Gasteiger partial charge in [-0.25, -0.2) is 4.39 Å². The second-order valence-electron chi connectivity index (χ2n) is 7.07. The quantitative estimate of drug-likeness (QED) is 0.634. The van der Waals surface area contributed by atoms with E-state index in [1.165, 1.54) is 27.4 Å². The molecule has 2 N–H and O–H groups in total. The van der Waals surface area contributed by atoms with E-state index in [1.807, 2.05) is 6.07 Å². The molecule has 0 bridgehead atoms. The zero-order valence-electron chi connectivity index (χ0n) is 17.2. The van der Waals surface area contributed by atoms with Crippen molar-refractivity contribution in [3.8, 4) is 17.2 Å². The minimum Gasteiger partial charge on any atom is -0.496 e. The fraction of sp³-hybridized carbons (Fsp3) is 0.318. The maximum absolute atomic E-state index is 14.6. The van der Waals surface area contributed by atoms with E-state index in [1.54, 1.807) is 18.2 Å². The Labute approximate surface area is 173 Å². The maximum atomic E-state index is 14.6. The van der Waals surface area contributed by atoms with Crippen LogP contribution in [-0.2, 0) is 0 Å². The summed E-state index contributed by atoms with van der Waals surface area (Å²) in [5.74, 6) is 0.527. The van der Waals surface area contributed by atoms with E-state index in [-0.39, 0.29) is 11.4 Å². The van der Waals surface area contributed by atoms with Gasteiger partial charge in [0.25, 0.3) is 5.91 Å². The summed E-state index contributed by atoms with van der Waals surface area (Å²) >= 11 is 0. The van der Waals surface area contributed by atoms with Gasteiger partial charge in [0.05, 0.1) is 32.5 Å². The number of rotatable bonds is 6. The lowest BCUT2D eigenvalue weighted by Crippen LogP contribution is -2.22. The molecule has 0 radical (unpaired) electrons. The molecule has 0 unspecified atom stereocenters. The summed E-state index contributed by atoms with van der Waals surface area (Å²) in [7, 11) is 4.58. The number of ether oxygens (including phenoxy) is 3. The zero-order valence-corrected chi connectivity index (χ0v) is 17.2. The molecular formula is C22H24FN3O4. The van der Waals surface area contributed by atoms with E-state index in [2.05, 4.69) is 15.2 Å². The topological polar surface area (TPSA) is 75.8 Å². The second-order valence-corrected chi connectivity index (χ2v) is 7.07. The zero-order chi connectivity index (χ0) is 21.3. The first-order chi connectivity index (χ1) is 14.6. The van der Waals surface area contributed by atoms with Gasteiger partial charge in [0, 0.05) is 24.5 Å². The van der Waals surface area contributed by atoms with Crippen molar-refractivity contribution in [3.63, 3.8) is 0 Å². The van der Waals surface area contributed by atoms with Crippen molar-refractivity contribution in [2.24, 2.45) is 0 Å². The van der Waals surface area contributed by atoms with E-state index < -0.39 is 11.7 Å². The van der Waals surface area contributed by atoms with Crippen molar-refractivity contribution in [2.45, 2.75) is 12.8 Å². The van der Waals surface area contributed by atoms with Crippen molar-refractivity contribution in [1.29, 1.82) is 0 Å². The van der Waals surface area contributed by atoms with E-state index in [4.69, 9.17) is 14.2 Å². The predicted molar refractivity (Wildman–Crippen MR) is 114 cm³/mol. The molecule has 1 aliphatic rings. The Morgan fingerprint density at radius 3 is 2.47 bits per heavy atom. The third-order valence-electron chi connectivity index (χ3n) is 5.36. The standard InChI is InChI=1S/C22H24FN3O4/c1-28-17-12-18(29-2)21(30-3)19-13(17)11-15(24-19)22(27)25-20-14(23)7-6-8-16(20)26-9-4-5-10-26/h6-8,11-12,24H,4-5,9-10H2,1-3H3,(H,25,27). The number of nitrogens with zero attached hydrogens (tertiary/aromatic N) is 1. The molecular weight excluding hydrogens is 389 g/mol. The lowest BCUT2D eigenvalue weighted by Gasteiger charge is -2.21. The summed E-state index contributed by atoms with van der Waals surface area (Å²) in [5.41, 5.74) is 1.69. The van der Waals surface area contributed by atoms with Gasteiger partial charge >= 0.3 is 0 Å². The third kappa shape index (κ3) is 3.38. The van der Waals surface area contributed by atoms with Crippen LogP contribution in [0.25, 0.3) is 10.9 Å². The van der Waals surface area contributed by atoms with Gasteiger partial charge in [-0.1, -0.05) is 6.07 Å². The van der Waals surface area contributed by atoms with Gasteiger partial charge in [-0.2, -0.15) is 0 Å². The largest absolute Gasteiger partial charge is 0.496 e. The van der Waals surface area contributed by atoms with Crippen LogP contribution in [0.4, 0.5) is 15.8 Å². The van der Waals surface area contributed by atoms with Crippen LogP contribution in [-0.4, -0.2) is 45.3 Å². The molecule has 0 atom stereocenters. The number of hydrogen-bond acceptors (Lipinski definition) is 5. The number of aromatic nitrogens is 1. The highest BCUT2D eigenvalue weighted by Gasteiger charge is 2.23. The van der Waals surface area contributed by atoms with Crippen LogP contribution in [0.3, 0.4) is 0 Å². The number of para-hydroxylation sites is 1. The van der Waals surface area contributed by atoms with Crippen LogP contribution in [0.5, 0.6) is 17.2 Å². The molecule has 7 nitrogen and oxygen atoms in total. The Morgan fingerprint density at radius 1 is 1.07 bits per heavy atom. The molecule has 1 aliphatic heterocycles. The van der Waals surface area contributed by atoms with E-state index in [0.29, 0.717) is 33.8 Å². The predicted octanol–water partition coefficient (Wildman–Crippen LogP) is 4.19. The number of fused-ring (bicyclic) bond motifs is 1. The first kappa shape index (κ1) is 19.9. The van der Waals surface area contributed by atoms with Crippen LogP contribution in [0.1, 0.15) is 23.3 Å². The number of anilines is 2. The fourth-order valence-electron chi connectivity index (χ4n) is 3.90. The Morgan fingerprint density at radius 2 is 1.80 bits per heavy atom. The number of carbonyl (C=O) groups is 1. The summed E-state index contributed by atoms with van der Waals surface area (Å²) in [6.45, 7) is 1.68. The average Bonchev–Trinajstić information content (AvgIpc) is 3.44. The summed E-state index contributed by atoms with van der Waals surface area (Å²) < 4.78 is 30.9. The lowest BCUT2D eigenvalue weighted by molar-refractivity contribution is 0.102. The molecule has 2 aromatic carbocycles. The molecule has 1 fully saturated rings. The number of halogens is 1. The van der Waals surface area contributed by atoms with E-state index in [0.717, 1.165) is 25.9 Å². The van der Waals surface area contributed by atoms with Crippen molar-refractivity contribution >= 4 is 28.2 Å². The lowest BCUT2D eigenvalue weighted by atomic mass is 10.2. The van der Waals surface area contributed by atoms with Crippen molar-refractivity contribution in [1.82, 2.24) is 4.98 Å². The number of nitrogens with one attached hydrogen (secondary N) is 2. The monoisotopic (exact) mass is 413 g/mol. The number of carbonyl (C=O) groups excluding carboxylic acids is 1. The van der Waals surface area contributed by atoms with Gasteiger partial charge < -0.3 is 29.4 Å². The summed E-state index contributed by atoms with van der Waals surface area (Å²) in [6.07, 6.45) is 2.10. The second kappa shape index (κ2) is 8.14. The number of aromatic amines is 1. The molecule has 2 heterocycles. The first-order valence-electron chi connectivity index (χ1n) is 9.74. The molecule has 1 aromatic heterocycles. The van der Waals surface area contributed by atoms with Crippen molar-refractivity contribution in [3.05, 3.63) is 41.8 Å². The summed E-state index contributed by atoms with van der Waals surface area (Å²) in [4.78, 5) is 18.2. The third-order valence-corrected chi connectivity index (χ3v) is 5.36. The van der Waals surface area contributed by atoms with Gasteiger partial charge in [-0.05, 0) is 31.0 Å². The van der Waals surface area contributed by atoms with E-state index in [9.17, 15) is 9.18 Å². The highest BCUT2D eigenvalue weighted by atomic mass is 19.1. The Bertz CT molecular complexity index is 1090. The Hall–Kier alpha value is -3.42. The Kier molecular flexibility index (Phi) is 5.39. The molecule has 0 saturated carbocycles. The summed E-state index contributed by atoms with van der Waals surface area (Å²) in [6, 6.07) is 8.17. The molecule has 30 heavy (non-hydrogen) atoms. The minimum absolute atomic E-state index is 0.180. The molecule has 1 amide bonds. The number of benzene rings is 2. The van der Waals surface area contributed by atoms with Crippen LogP contribution in [0.15, 0.2) is 30.3 Å². The average molecular weight is 413 g/mol. The van der Waals surface area contributed by atoms with Crippen LogP contribution < -0.4 is 24.4 Å². The smallest absolute Gasteiger partial charge is 0.272 e. The number of hydrogen-bond donors (Lipinski definition) is 2. The molecule has 0 spiro atoms. The van der Waals surface area contributed by atoms with Crippen LogP contribution in [0, 0.1) is 5.82 Å². The van der Waals surface area contributed by atoms with Gasteiger partial charge in [0.2, 0.25) is 0 Å². The normalized spacial score (nSPS) is 13.5. The highest BCUT2D eigenvalue weighted by Crippen LogP contribution is 2.41. The maximum Gasteiger partial charge on any atom is 0.272 e. The molecule has 4 rings (SSSR count). The van der Waals surface area contributed by atoms with Gasteiger partial charge in [0.15, 0.2) is 11.5 Å². The van der Waals surface area contributed by atoms with Crippen molar-refractivity contribution in [2.75, 3.05) is 44.6 Å². The van der Waals surface area contributed by atoms with Crippen molar-refractivity contribution < 1.29 is 23.4 Å². The Balaban J connectivity index is 1.73. The minimum atomic E-state index is -0.472. The van der Waals surface area contributed by atoms with Gasteiger partial charge in [-0.15, -0.1) is 0 Å². The SMILES string of the molecule is COc1cc(OC)c2cc(C(=O)Nc3c(F)cccc3N3CCCC3)[nH]c2c1OC.